The molecule has 0 aliphatic rings. The van der Waals surface area contributed by atoms with Gasteiger partial charge >= 0.3 is 0 Å². The van der Waals surface area contributed by atoms with Gasteiger partial charge in [0.15, 0.2) is 0 Å². The van der Waals surface area contributed by atoms with Crippen molar-refractivity contribution in [3.05, 3.63) is 0 Å². The maximum absolute atomic E-state index is 2.27. The van der Waals surface area contributed by atoms with E-state index in [2.05, 4.69) is 83.1 Å². The molecule has 0 amide bonds. The van der Waals surface area contributed by atoms with Gasteiger partial charge in [0.05, 0.1) is 0 Å². The first-order chi connectivity index (χ1) is 7.50. The first-order valence-corrected chi connectivity index (χ1v) is 7.50. The topological polar surface area (TPSA) is 0 Å². The Bertz CT molecular complexity index is 134. The first kappa shape index (κ1) is 23.1. The second kappa shape index (κ2) is 7.56. The molecule has 0 N–H and O–H groups in total. The predicted molar refractivity (Wildman–Crippen MR) is 89.2 cm³/mol. The average molecular weight is 259 g/mol. The van der Waals surface area contributed by atoms with E-state index in [1.165, 1.54) is 0 Å². The minimum atomic E-state index is 0.437. The lowest BCUT2D eigenvalue weighted by molar-refractivity contribution is 0.157. The molecule has 0 bridgehead atoms. The number of rotatable bonds is 0. The molecule has 114 valence electrons. The molecule has 0 spiro atoms. The zero-order valence-corrected chi connectivity index (χ0v) is 16.0. The molecule has 0 aliphatic carbocycles. The highest BCUT2D eigenvalue weighted by Crippen LogP contribution is 2.37. The summed E-state index contributed by atoms with van der Waals surface area (Å²) in [4.78, 5) is 0. The quantitative estimate of drug-likeness (QED) is 0.431. The van der Waals surface area contributed by atoms with Gasteiger partial charge in [-0.2, -0.15) is 0 Å². The Morgan fingerprint density at radius 3 is 0.333 bits per heavy atom. The van der Waals surface area contributed by atoms with E-state index in [1.54, 1.807) is 0 Å². The second-order valence-electron chi connectivity index (χ2n) is 9.00. The van der Waals surface area contributed by atoms with E-state index in [-0.39, 0.29) is 0 Å². The van der Waals surface area contributed by atoms with Crippen molar-refractivity contribution in [2.24, 2.45) is 21.7 Å². The predicted octanol–water partition coefficient (Wildman–Crippen LogP) is 7.18. The van der Waals surface area contributed by atoms with Gasteiger partial charge in [0, 0.05) is 0 Å². The van der Waals surface area contributed by atoms with E-state index in [0.717, 1.165) is 0 Å². The Morgan fingerprint density at radius 2 is 0.333 bits per heavy atom. The van der Waals surface area contributed by atoms with Crippen LogP contribution in [0.3, 0.4) is 0 Å². The van der Waals surface area contributed by atoms with Crippen molar-refractivity contribution in [2.45, 2.75) is 96.9 Å². The van der Waals surface area contributed by atoms with Gasteiger partial charge in [0.25, 0.3) is 0 Å². The Hall–Kier alpha value is 0. The molecule has 0 nitrogen and oxygen atoms in total. The van der Waals surface area contributed by atoms with Crippen molar-refractivity contribution in [1.82, 2.24) is 0 Å². The molecular formula is C18H42. The zero-order chi connectivity index (χ0) is 16.0. The summed E-state index contributed by atoms with van der Waals surface area (Å²) in [5, 5.41) is 0. The highest BCUT2D eigenvalue weighted by molar-refractivity contribution is 4.77. The first-order valence-electron chi connectivity index (χ1n) is 7.50. The SMILES string of the molecule is CC.CC(C)(C)C(C)(C)C.CC(C)(C)C(C)(C)C. The molecule has 0 saturated carbocycles. The van der Waals surface area contributed by atoms with E-state index in [0.29, 0.717) is 21.7 Å². The van der Waals surface area contributed by atoms with E-state index >= 15 is 0 Å². The standard InChI is InChI=1S/2C8H18.C2H6/c2*1-7(2,3)8(4,5)6;1-2/h2*1-6H3;1-2H3. The van der Waals surface area contributed by atoms with Crippen LogP contribution in [-0.2, 0) is 0 Å². The Morgan fingerprint density at radius 1 is 0.278 bits per heavy atom. The van der Waals surface area contributed by atoms with Crippen LogP contribution in [0.1, 0.15) is 96.9 Å². The normalized spacial score (nSPS) is 13.0. The van der Waals surface area contributed by atoms with Crippen molar-refractivity contribution in [3.8, 4) is 0 Å². The van der Waals surface area contributed by atoms with Crippen LogP contribution in [-0.4, -0.2) is 0 Å². The van der Waals surface area contributed by atoms with Crippen LogP contribution >= 0.6 is 0 Å². The summed E-state index contributed by atoms with van der Waals surface area (Å²) in [5.41, 5.74) is 1.75. The van der Waals surface area contributed by atoms with Crippen LogP contribution in [0, 0.1) is 21.7 Å². The fraction of sp³-hybridized carbons (Fsp3) is 1.00. The lowest BCUT2D eigenvalue weighted by atomic mass is 9.71. The third-order valence-electron chi connectivity index (χ3n) is 4.50. The third kappa shape index (κ3) is 11.1. The molecule has 0 heterocycles. The molecule has 0 heteroatoms. The fourth-order valence-electron chi connectivity index (χ4n) is 0. The van der Waals surface area contributed by atoms with Gasteiger partial charge in [-0.15, -0.1) is 0 Å². The Labute approximate surface area is 119 Å². The summed E-state index contributed by atoms with van der Waals surface area (Å²) in [6.07, 6.45) is 0. The van der Waals surface area contributed by atoms with Gasteiger partial charge < -0.3 is 0 Å². The highest BCUT2D eigenvalue weighted by atomic mass is 14.3. The summed E-state index contributed by atoms with van der Waals surface area (Å²) in [7, 11) is 0. The molecule has 0 aliphatic heterocycles. The summed E-state index contributed by atoms with van der Waals surface area (Å²) in [5.74, 6) is 0. The largest absolute Gasteiger partial charge is 0.0683 e. The average Bonchev–Trinajstić information content (AvgIpc) is 2.01. The monoisotopic (exact) mass is 258 g/mol. The molecule has 0 aromatic carbocycles. The second-order valence-corrected chi connectivity index (χ2v) is 9.00. The highest BCUT2D eigenvalue weighted by Gasteiger charge is 2.27. The van der Waals surface area contributed by atoms with E-state index < -0.39 is 0 Å². The van der Waals surface area contributed by atoms with E-state index in [4.69, 9.17) is 0 Å². The summed E-state index contributed by atoms with van der Waals surface area (Å²) >= 11 is 0. The van der Waals surface area contributed by atoms with Gasteiger partial charge in [-0.05, 0) is 21.7 Å². The van der Waals surface area contributed by atoms with Gasteiger partial charge in [0.1, 0.15) is 0 Å². The van der Waals surface area contributed by atoms with Crippen LogP contribution in [0.5, 0.6) is 0 Å². The molecule has 0 aromatic rings. The molecule has 0 fully saturated rings. The van der Waals surface area contributed by atoms with E-state index in [1.807, 2.05) is 13.8 Å². The van der Waals surface area contributed by atoms with Crippen LogP contribution in [0.15, 0.2) is 0 Å². The Balaban J connectivity index is -0.000000219. The number of hydrogen-bond donors (Lipinski definition) is 0. The zero-order valence-electron chi connectivity index (χ0n) is 16.0. The fourth-order valence-corrected chi connectivity index (χ4v) is 0. The van der Waals surface area contributed by atoms with E-state index in [9.17, 15) is 0 Å². The van der Waals surface area contributed by atoms with Crippen molar-refractivity contribution in [2.75, 3.05) is 0 Å². The van der Waals surface area contributed by atoms with Crippen molar-refractivity contribution < 1.29 is 0 Å². The van der Waals surface area contributed by atoms with Gasteiger partial charge in [-0.3, -0.25) is 0 Å². The lowest BCUT2D eigenvalue weighted by Gasteiger charge is -2.34. The van der Waals surface area contributed by atoms with Crippen LogP contribution < -0.4 is 0 Å². The summed E-state index contributed by atoms with van der Waals surface area (Å²) < 4.78 is 0. The molecule has 0 unspecified atom stereocenters. The van der Waals surface area contributed by atoms with Gasteiger partial charge in [-0.1, -0.05) is 96.9 Å². The van der Waals surface area contributed by atoms with Crippen LogP contribution in [0.25, 0.3) is 0 Å². The minimum absolute atomic E-state index is 0.437. The molecule has 0 rings (SSSR count). The van der Waals surface area contributed by atoms with Gasteiger partial charge in [-0.25, -0.2) is 0 Å². The molecule has 18 heavy (non-hydrogen) atoms. The third-order valence-corrected chi connectivity index (χ3v) is 4.50. The lowest BCUT2D eigenvalue weighted by Crippen LogP contribution is -2.25. The molecule has 0 aromatic heterocycles. The molecular weight excluding hydrogens is 216 g/mol. The maximum atomic E-state index is 2.27. The van der Waals surface area contributed by atoms with Crippen molar-refractivity contribution in [3.63, 3.8) is 0 Å². The van der Waals surface area contributed by atoms with Crippen molar-refractivity contribution >= 4 is 0 Å². The summed E-state index contributed by atoms with van der Waals surface area (Å²) in [6, 6.07) is 0. The smallest absolute Gasteiger partial charge is 0.0334 e. The Kier molecular flexibility index (Phi) is 9.70. The van der Waals surface area contributed by atoms with Crippen LogP contribution in [0.2, 0.25) is 0 Å². The molecule has 0 atom stereocenters. The maximum Gasteiger partial charge on any atom is -0.0334 e. The number of hydrogen-bond acceptors (Lipinski definition) is 0. The summed E-state index contributed by atoms with van der Waals surface area (Å²) in [6.45, 7) is 31.2. The van der Waals surface area contributed by atoms with Crippen LogP contribution in [0.4, 0.5) is 0 Å². The van der Waals surface area contributed by atoms with Gasteiger partial charge in [0.2, 0.25) is 0 Å². The molecule has 0 saturated heterocycles. The minimum Gasteiger partial charge on any atom is -0.0683 e. The van der Waals surface area contributed by atoms with Crippen molar-refractivity contribution in [1.29, 1.82) is 0 Å². The molecule has 0 radical (unpaired) electrons.